The molecule has 1 rings (SSSR count). The predicted octanol–water partition coefficient (Wildman–Crippen LogP) is 1.77. The molecule has 14 heavy (non-hydrogen) atoms. The van der Waals surface area contributed by atoms with Gasteiger partial charge in [-0.05, 0) is 18.6 Å². The van der Waals surface area contributed by atoms with Crippen molar-refractivity contribution in [3.8, 4) is 0 Å². The average molecular weight is 216 g/mol. The molecule has 3 nitrogen and oxygen atoms in total. The Morgan fingerprint density at radius 3 is 2.29 bits per heavy atom. The Hall–Kier alpha value is -0.510. The summed E-state index contributed by atoms with van der Waals surface area (Å²) in [7, 11) is 0. The van der Waals surface area contributed by atoms with Crippen LogP contribution in [0.2, 0.25) is 0 Å². The zero-order chi connectivity index (χ0) is 10.6. The third kappa shape index (κ3) is 2.74. The van der Waals surface area contributed by atoms with Crippen molar-refractivity contribution in [1.29, 1.82) is 0 Å². The van der Waals surface area contributed by atoms with Gasteiger partial charge in [-0.2, -0.15) is 12.6 Å². The van der Waals surface area contributed by atoms with Crippen LogP contribution in [-0.2, 0) is 9.59 Å². The zero-order valence-corrected chi connectivity index (χ0v) is 9.00. The molecule has 0 spiro atoms. The number of ketones is 1. The fourth-order valence-electron chi connectivity index (χ4n) is 2.11. The van der Waals surface area contributed by atoms with Gasteiger partial charge in [0.05, 0.1) is 5.92 Å². The Kier molecular flexibility index (Phi) is 4.45. The molecule has 0 amide bonds. The van der Waals surface area contributed by atoms with Gasteiger partial charge in [-0.15, -0.1) is 0 Å². The Morgan fingerprint density at radius 1 is 1.21 bits per heavy atom. The number of carboxylic acid groups (broad SMARTS) is 1. The molecule has 0 radical (unpaired) electrons. The minimum absolute atomic E-state index is 0.0760. The summed E-state index contributed by atoms with van der Waals surface area (Å²) in [6.07, 6.45) is 3.70. The van der Waals surface area contributed by atoms with E-state index in [1.807, 2.05) is 0 Å². The summed E-state index contributed by atoms with van der Waals surface area (Å²) in [5, 5.41) is 8.95. The lowest BCUT2D eigenvalue weighted by molar-refractivity contribution is -0.148. The van der Waals surface area contributed by atoms with Gasteiger partial charge < -0.3 is 5.11 Å². The first-order valence-corrected chi connectivity index (χ1v) is 5.66. The molecule has 0 aromatic carbocycles. The molecule has 1 aliphatic carbocycles. The summed E-state index contributed by atoms with van der Waals surface area (Å²) in [5.41, 5.74) is 0. The predicted molar refractivity (Wildman–Crippen MR) is 56.6 cm³/mol. The van der Waals surface area contributed by atoms with Crippen LogP contribution in [0.25, 0.3) is 0 Å². The minimum atomic E-state index is -0.817. The molecule has 1 N–H and O–H groups in total. The molecule has 1 fully saturated rings. The number of Topliss-reactive ketones (excluding diaryl/α,β-unsaturated/α-hetero) is 1. The van der Waals surface area contributed by atoms with Crippen molar-refractivity contribution in [3.63, 3.8) is 0 Å². The first kappa shape index (κ1) is 11.6. The SMILES string of the molecule is O=C(CCS)[C@H]1CCCC[C@H]1C(=O)O. The van der Waals surface area contributed by atoms with Gasteiger partial charge in [-0.3, -0.25) is 9.59 Å². The number of hydrogen-bond donors (Lipinski definition) is 2. The van der Waals surface area contributed by atoms with Crippen molar-refractivity contribution in [2.75, 3.05) is 5.75 Å². The maximum absolute atomic E-state index is 11.6. The lowest BCUT2D eigenvalue weighted by Gasteiger charge is -2.27. The summed E-state index contributed by atoms with van der Waals surface area (Å²) in [6, 6.07) is 0. The van der Waals surface area contributed by atoms with E-state index >= 15 is 0 Å². The van der Waals surface area contributed by atoms with E-state index in [4.69, 9.17) is 5.11 Å². The van der Waals surface area contributed by atoms with Crippen LogP contribution in [0, 0.1) is 11.8 Å². The first-order valence-electron chi connectivity index (χ1n) is 5.03. The molecule has 0 bridgehead atoms. The van der Waals surface area contributed by atoms with Crippen molar-refractivity contribution >= 4 is 24.4 Å². The summed E-state index contributed by atoms with van der Waals surface area (Å²) in [4.78, 5) is 22.5. The summed E-state index contributed by atoms with van der Waals surface area (Å²) in [6.45, 7) is 0. The number of rotatable bonds is 4. The quantitative estimate of drug-likeness (QED) is 0.704. The fraction of sp³-hybridized carbons (Fsp3) is 0.800. The van der Waals surface area contributed by atoms with E-state index in [2.05, 4.69) is 12.6 Å². The molecular weight excluding hydrogens is 200 g/mol. The Labute approximate surface area is 89.3 Å². The van der Waals surface area contributed by atoms with Crippen molar-refractivity contribution in [1.82, 2.24) is 0 Å². The van der Waals surface area contributed by atoms with E-state index < -0.39 is 11.9 Å². The largest absolute Gasteiger partial charge is 0.481 e. The highest BCUT2D eigenvalue weighted by atomic mass is 32.1. The third-order valence-electron chi connectivity index (χ3n) is 2.85. The number of carbonyl (C=O) groups excluding carboxylic acids is 1. The van der Waals surface area contributed by atoms with Gasteiger partial charge in [0.15, 0.2) is 0 Å². The summed E-state index contributed by atoms with van der Waals surface area (Å²) < 4.78 is 0. The van der Waals surface area contributed by atoms with Crippen molar-refractivity contribution in [3.05, 3.63) is 0 Å². The van der Waals surface area contributed by atoms with Gasteiger partial charge in [0.2, 0.25) is 0 Å². The Morgan fingerprint density at radius 2 is 1.79 bits per heavy atom. The van der Waals surface area contributed by atoms with E-state index in [1.165, 1.54) is 0 Å². The molecule has 1 aliphatic rings. The summed E-state index contributed by atoms with van der Waals surface area (Å²) in [5.74, 6) is -0.930. The van der Waals surface area contributed by atoms with E-state index in [-0.39, 0.29) is 11.7 Å². The molecule has 0 aromatic rings. The molecule has 80 valence electrons. The van der Waals surface area contributed by atoms with Gasteiger partial charge in [0.25, 0.3) is 0 Å². The average Bonchev–Trinajstić information content (AvgIpc) is 2.18. The van der Waals surface area contributed by atoms with Crippen LogP contribution in [0.3, 0.4) is 0 Å². The monoisotopic (exact) mass is 216 g/mol. The molecule has 0 aromatic heterocycles. The number of carboxylic acids is 1. The van der Waals surface area contributed by atoms with E-state index in [1.54, 1.807) is 0 Å². The second-order valence-corrected chi connectivity index (χ2v) is 4.22. The van der Waals surface area contributed by atoms with Crippen LogP contribution < -0.4 is 0 Å². The minimum Gasteiger partial charge on any atom is -0.481 e. The normalized spacial score (nSPS) is 27.2. The van der Waals surface area contributed by atoms with Crippen molar-refractivity contribution in [2.45, 2.75) is 32.1 Å². The molecule has 0 aliphatic heterocycles. The molecule has 1 saturated carbocycles. The topological polar surface area (TPSA) is 54.4 Å². The van der Waals surface area contributed by atoms with Gasteiger partial charge >= 0.3 is 5.97 Å². The molecule has 0 saturated heterocycles. The standard InChI is InChI=1S/C10H16O3S/c11-9(5-6-14)7-3-1-2-4-8(7)10(12)13/h7-8,14H,1-6H2,(H,12,13)/t7-,8+/m0/s1. The Balaban J connectivity index is 2.62. The van der Waals surface area contributed by atoms with Crippen LogP contribution >= 0.6 is 12.6 Å². The number of hydrogen-bond acceptors (Lipinski definition) is 3. The van der Waals surface area contributed by atoms with Crippen molar-refractivity contribution in [2.24, 2.45) is 11.8 Å². The lowest BCUT2D eigenvalue weighted by Crippen LogP contribution is -2.32. The Bertz CT molecular complexity index is 227. The number of thiol groups is 1. The molecule has 4 heteroatoms. The molecule has 2 atom stereocenters. The van der Waals surface area contributed by atoms with Crippen LogP contribution in [0.5, 0.6) is 0 Å². The third-order valence-corrected chi connectivity index (χ3v) is 3.08. The maximum Gasteiger partial charge on any atom is 0.307 e. The number of aliphatic carboxylic acids is 1. The van der Waals surface area contributed by atoms with Crippen molar-refractivity contribution < 1.29 is 14.7 Å². The van der Waals surface area contributed by atoms with Gasteiger partial charge in [-0.1, -0.05) is 12.8 Å². The maximum atomic E-state index is 11.6. The van der Waals surface area contributed by atoms with Gasteiger partial charge in [0.1, 0.15) is 5.78 Å². The molecular formula is C10H16O3S. The van der Waals surface area contributed by atoms with E-state index in [0.717, 1.165) is 19.3 Å². The van der Waals surface area contributed by atoms with Crippen LogP contribution in [0.15, 0.2) is 0 Å². The summed E-state index contributed by atoms with van der Waals surface area (Å²) >= 11 is 3.99. The molecule has 0 unspecified atom stereocenters. The number of carbonyl (C=O) groups is 2. The van der Waals surface area contributed by atoms with Gasteiger partial charge in [-0.25, -0.2) is 0 Å². The highest BCUT2D eigenvalue weighted by Gasteiger charge is 2.34. The molecule has 0 heterocycles. The highest BCUT2D eigenvalue weighted by Crippen LogP contribution is 2.31. The fourth-order valence-corrected chi connectivity index (χ4v) is 2.33. The van der Waals surface area contributed by atoms with E-state index in [9.17, 15) is 9.59 Å². The lowest BCUT2D eigenvalue weighted by atomic mass is 9.76. The van der Waals surface area contributed by atoms with Crippen LogP contribution in [0.1, 0.15) is 32.1 Å². The van der Waals surface area contributed by atoms with E-state index in [0.29, 0.717) is 18.6 Å². The van der Waals surface area contributed by atoms with Crippen LogP contribution in [-0.4, -0.2) is 22.6 Å². The second-order valence-electron chi connectivity index (χ2n) is 3.78. The van der Waals surface area contributed by atoms with Crippen LogP contribution in [0.4, 0.5) is 0 Å². The smallest absolute Gasteiger partial charge is 0.307 e. The first-order chi connectivity index (χ1) is 6.66. The highest BCUT2D eigenvalue weighted by molar-refractivity contribution is 7.80. The zero-order valence-electron chi connectivity index (χ0n) is 8.11. The van der Waals surface area contributed by atoms with Gasteiger partial charge in [0, 0.05) is 12.3 Å². The second kappa shape index (κ2) is 5.39.